The highest BCUT2D eigenvalue weighted by Crippen LogP contribution is 2.35. The van der Waals surface area contributed by atoms with E-state index >= 15 is 0 Å². The van der Waals surface area contributed by atoms with Crippen molar-refractivity contribution in [3.8, 4) is 0 Å². The van der Waals surface area contributed by atoms with Crippen LogP contribution in [-0.4, -0.2) is 35.2 Å². The van der Waals surface area contributed by atoms with Gasteiger partial charge >= 0.3 is 0 Å². The average molecular weight is 366 g/mol. The lowest BCUT2D eigenvalue weighted by atomic mass is 9.85. The number of rotatable bonds is 4. The van der Waals surface area contributed by atoms with Gasteiger partial charge in [-0.05, 0) is 37.8 Å². The van der Waals surface area contributed by atoms with E-state index in [0.29, 0.717) is 12.8 Å². The zero-order valence-corrected chi connectivity index (χ0v) is 15.5. The maximum absolute atomic E-state index is 13.3. The van der Waals surface area contributed by atoms with Gasteiger partial charge in [-0.15, -0.1) is 0 Å². The van der Waals surface area contributed by atoms with E-state index in [4.69, 9.17) is 0 Å². The zero-order chi connectivity index (χ0) is 18.8. The van der Waals surface area contributed by atoms with Gasteiger partial charge in [0, 0.05) is 11.7 Å². The molecule has 1 saturated carbocycles. The molecule has 3 aliphatic rings. The van der Waals surface area contributed by atoms with E-state index in [9.17, 15) is 14.4 Å². The van der Waals surface area contributed by atoms with Crippen LogP contribution in [0.15, 0.2) is 42.5 Å². The van der Waals surface area contributed by atoms with Gasteiger partial charge in [-0.3, -0.25) is 19.3 Å². The van der Waals surface area contributed by atoms with E-state index in [0.717, 1.165) is 31.4 Å². The second-order valence-corrected chi connectivity index (χ2v) is 7.81. The molecule has 142 valence electrons. The fourth-order valence-electron chi connectivity index (χ4n) is 4.72. The van der Waals surface area contributed by atoms with Crippen LogP contribution in [0.3, 0.4) is 0 Å². The molecule has 2 atom stereocenters. The average Bonchev–Trinajstić information content (AvgIpc) is 2.95. The van der Waals surface area contributed by atoms with Gasteiger partial charge in [0.15, 0.2) is 0 Å². The first-order chi connectivity index (χ1) is 13.2. The van der Waals surface area contributed by atoms with Crippen LogP contribution in [0.5, 0.6) is 0 Å². The van der Waals surface area contributed by atoms with Crippen LogP contribution in [-0.2, 0) is 14.4 Å². The van der Waals surface area contributed by atoms with Gasteiger partial charge in [0.05, 0.1) is 11.8 Å². The third kappa shape index (κ3) is 3.43. The molecule has 1 aliphatic heterocycles. The highest BCUT2D eigenvalue weighted by molar-refractivity contribution is 6.09. The Bertz CT molecular complexity index is 726. The Balaban J connectivity index is 1.55. The highest BCUT2D eigenvalue weighted by Gasteiger charge is 2.48. The minimum atomic E-state index is -0.282. The van der Waals surface area contributed by atoms with Gasteiger partial charge in [0.2, 0.25) is 17.7 Å². The number of allylic oxidation sites excluding steroid dienone is 2. The molecule has 5 heteroatoms. The van der Waals surface area contributed by atoms with E-state index < -0.39 is 0 Å². The Hall–Kier alpha value is -2.43. The SMILES string of the molecule is O=C1[C@@H]2CC=CC[C@H]2C(=O)N1CC(=O)N(c1ccccc1)C1CCCCC1. The molecule has 27 heavy (non-hydrogen) atoms. The molecule has 0 aromatic heterocycles. The van der Waals surface area contributed by atoms with Crippen molar-refractivity contribution in [2.24, 2.45) is 11.8 Å². The maximum Gasteiger partial charge on any atom is 0.247 e. The molecule has 4 rings (SSSR count). The predicted molar refractivity (Wildman–Crippen MR) is 103 cm³/mol. The quantitative estimate of drug-likeness (QED) is 0.607. The summed E-state index contributed by atoms with van der Waals surface area (Å²) in [4.78, 5) is 41.7. The van der Waals surface area contributed by atoms with Crippen molar-refractivity contribution in [2.75, 3.05) is 11.4 Å². The molecule has 3 amide bonds. The monoisotopic (exact) mass is 366 g/mol. The van der Waals surface area contributed by atoms with Crippen LogP contribution in [0, 0.1) is 11.8 Å². The number of benzene rings is 1. The molecule has 0 spiro atoms. The van der Waals surface area contributed by atoms with Crippen LogP contribution < -0.4 is 4.90 Å². The van der Waals surface area contributed by atoms with Crippen LogP contribution in [0.4, 0.5) is 5.69 Å². The number of hydrogen-bond acceptors (Lipinski definition) is 3. The Morgan fingerprint density at radius 3 is 2.11 bits per heavy atom. The molecule has 5 nitrogen and oxygen atoms in total. The molecular weight excluding hydrogens is 340 g/mol. The lowest BCUT2D eigenvalue weighted by Crippen LogP contribution is -2.48. The second-order valence-electron chi connectivity index (χ2n) is 7.81. The second kappa shape index (κ2) is 7.67. The predicted octanol–water partition coefficient (Wildman–Crippen LogP) is 3.30. The molecule has 1 saturated heterocycles. The number of fused-ring (bicyclic) bond motifs is 1. The fourth-order valence-corrected chi connectivity index (χ4v) is 4.72. The van der Waals surface area contributed by atoms with Crippen LogP contribution in [0.2, 0.25) is 0 Å². The number of nitrogens with zero attached hydrogens (tertiary/aromatic N) is 2. The molecule has 0 N–H and O–H groups in total. The van der Waals surface area contributed by atoms with Crippen molar-refractivity contribution in [3.63, 3.8) is 0 Å². The number of imide groups is 1. The Morgan fingerprint density at radius 1 is 0.926 bits per heavy atom. The van der Waals surface area contributed by atoms with Gasteiger partial charge in [-0.2, -0.15) is 0 Å². The zero-order valence-electron chi connectivity index (χ0n) is 15.5. The lowest BCUT2D eigenvalue weighted by Gasteiger charge is -2.35. The summed E-state index contributed by atoms with van der Waals surface area (Å²) in [5, 5.41) is 0. The minimum Gasteiger partial charge on any atom is -0.308 e. The van der Waals surface area contributed by atoms with Gasteiger partial charge in [0.25, 0.3) is 0 Å². The van der Waals surface area contributed by atoms with E-state index in [-0.39, 0.29) is 42.1 Å². The number of carbonyl (C=O) groups excluding carboxylic acids is 3. The summed E-state index contributed by atoms with van der Waals surface area (Å²) < 4.78 is 0. The van der Waals surface area contributed by atoms with E-state index in [1.54, 1.807) is 0 Å². The summed E-state index contributed by atoms with van der Waals surface area (Å²) >= 11 is 0. The number of hydrogen-bond donors (Lipinski definition) is 0. The smallest absolute Gasteiger partial charge is 0.247 e. The first-order valence-corrected chi connectivity index (χ1v) is 10.0. The molecule has 2 fully saturated rings. The van der Waals surface area contributed by atoms with Gasteiger partial charge in [-0.1, -0.05) is 49.6 Å². The fraction of sp³-hybridized carbons (Fsp3) is 0.500. The standard InChI is InChI=1S/C22H26N2O3/c25-20(15-23-21(26)18-13-7-8-14-19(18)22(23)27)24(16-9-3-1-4-10-16)17-11-5-2-6-12-17/h1,3-4,7-10,17-19H,2,5-6,11-15H2/t18-,19-/m1/s1. The van der Waals surface area contributed by atoms with Crippen molar-refractivity contribution in [2.45, 2.75) is 51.0 Å². The molecule has 0 bridgehead atoms. The first kappa shape index (κ1) is 18.0. The molecule has 0 radical (unpaired) electrons. The van der Waals surface area contributed by atoms with Crippen molar-refractivity contribution >= 4 is 23.4 Å². The van der Waals surface area contributed by atoms with Crippen LogP contribution >= 0.6 is 0 Å². The largest absolute Gasteiger partial charge is 0.308 e. The van der Waals surface area contributed by atoms with Crippen LogP contribution in [0.1, 0.15) is 44.9 Å². The minimum absolute atomic E-state index is 0.143. The third-order valence-electron chi connectivity index (χ3n) is 6.14. The van der Waals surface area contributed by atoms with Crippen molar-refractivity contribution in [1.29, 1.82) is 0 Å². The normalized spacial score (nSPS) is 25.6. The third-order valence-corrected chi connectivity index (χ3v) is 6.14. The Kier molecular flexibility index (Phi) is 5.10. The maximum atomic E-state index is 13.3. The number of amides is 3. The number of anilines is 1. The molecule has 1 aromatic rings. The van der Waals surface area contributed by atoms with E-state index in [2.05, 4.69) is 0 Å². The summed E-state index contributed by atoms with van der Waals surface area (Å²) in [7, 11) is 0. The van der Waals surface area contributed by atoms with Gasteiger partial charge < -0.3 is 4.90 Å². The first-order valence-electron chi connectivity index (χ1n) is 10.0. The Labute approximate surface area is 160 Å². The van der Waals surface area contributed by atoms with Crippen molar-refractivity contribution in [3.05, 3.63) is 42.5 Å². The van der Waals surface area contributed by atoms with Crippen molar-refractivity contribution in [1.82, 2.24) is 4.90 Å². The molecular formula is C22H26N2O3. The summed E-state index contributed by atoms with van der Waals surface area (Å²) in [6, 6.07) is 9.78. The number of likely N-dealkylation sites (tertiary alicyclic amines) is 1. The van der Waals surface area contributed by atoms with Gasteiger partial charge in [0.1, 0.15) is 6.54 Å². The topological polar surface area (TPSA) is 57.7 Å². The molecule has 1 heterocycles. The molecule has 0 unspecified atom stereocenters. The van der Waals surface area contributed by atoms with E-state index in [1.165, 1.54) is 11.3 Å². The summed E-state index contributed by atoms with van der Waals surface area (Å²) in [5.74, 6) is -1.08. The highest BCUT2D eigenvalue weighted by atomic mass is 16.2. The number of para-hydroxylation sites is 1. The van der Waals surface area contributed by atoms with E-state index in [1.807, 2.05) is 47.4 Å². The summed E-state index contributed by atoms with van der Waals surface area (Å²) in [5.41, 5.74) is 0.854. The summed E-state index contributed by atoms with van der Waals surface area (Å²) in [6.07, 6.45) is 10.5. The van der Waals surface area contributed by atoms with Gasteiger partial charge in [-0.25, -0.2) is 0 Å². The number of carbonyl (C=O) groups is 3. The van der Waals surface area contributed by atoms with Crippen LogP contribution in [0.25, 0.3) is 0 Å². The summed E-state index contributed by atoms with van der Waals surface area (Å²) in [6.45, 7) is -0.143. The molecule has 2 aliphatic carbocycles. The lowest BCUT2D eigenvalue weighted by molar-refractivity contribution is -0.143. The Morgan fingerprint density at radius 2 is 1.52 bits per heavy atom. The van der Waals surface area contributed by atoms with Crippen molar-refractivity contribution < 1.29 is 14.4 Å². The molecule has 1 aromatic carbocycles.